The highest BCUT2D eigenvalue weighted by atomic mass is 32.1. The lowest BCUT2D eigenvalue weighted by Gasteiger charge is -2.18. The quantitative estimate of drug-likeness (QED) is 0.837. The molecule has 1 aliphatic rings. The lowest BCUT2D eigenvalue weighted by molar-refractivity contribution is 0.591. The first-order chi connectivity index (χ1) is 8.54. The molecule has 0 radical (unpaired) electrons. The van der Waals surface area contributed by atoms with Crippen molar-refractivity contribution in [2.24, 2.45) is 0 Å². The molecule has 2 aromatic rings. The average Bonchev–Trinajstić information content (AvgIpc) is 2.95. The summed E-state index contributed by atoms with van der Waals surface area (Å²) in [5.41, 5.74) is 2.76. The number of nitrogens with zero attached hydrogens (tertiary/aromatic N) is 1. The molecule has 1 atom stereocenters. The minimum Gasteiger partial charge on any atom is -0.308 e. The molecule has 1 unspecified atom stereocenters. The fourth-order valence-corrected chi connectivity index (χ4v) is 3.57. The highest BCUT2D eigenvalue weighted by molar-refractivity contribution is 7.18. The summed E-state index contributed by atoms with van der Waals surface area (Å²) in [6.07, 6.45) is 2.50. The summed E-state index contributed by atoms with van der Waals surface area (Å²) in [6.45, 7) is 7.91. The van der Waals surface area contributed by atoms with Gasteiger partial charge in [0.15, 0.2) is 0 Å². The van der Waals surface area contributed by atoms with E-state index in [1.807, 2.05) is 11.3 Å². The number of rotatable bonds is 1. The molecule has 3 rings (SSSR count). The van der Waals surface area contributed by atoms with Crippen LogP contribution < -0.4 is 5.32 Å². The van der Waals surface area contributed by atoms with E-state index < -0.39 is 0 Å². The van der Waals surface area contributed by atoms with E-state index in [-0.39, 0.29) is 5.41 Å². The third kappa shape index (κ3) is 2.17. The third-order valence-corrected chi connectivity index (χ3v) is 4.76. The van der Waals surface area contributed by atoms with Crippen LogP contribution in [0.2, 0.25) is 0 Å². The largest absolute Gasteiger partial charge is 0.308 e. The molecular weight excluding hydrogens is 240 g/mol. The van der Waals surface area contributed by atoms with Crippen molar-refractivity contribution in [3.8, 4) is 0 Å². The molecule has 0 amide bonds. The second-order valence-electron chi connectivity index (χ2n) is 6.13. The van der Waals surface area contributed by atoms with Crippen molar-refractivity contribution in [1.29, 1.82) is 0 Å². The number of aromatic nitrogens is 1. The third-order valence-electron chi connectivity index (χ3n) is 3.63. The molecule has 1 saturated heterocycles. The van der Waals surface area contributed by atoms with E-state index in [9.17, 15) is 0 Å². The van der Waals surface area contributed by atoms with Gasteiger partial charge in [0.25, 0.3) is 0 Å². The molecule has 2 heterocycles. The van der Waals surface area contributed by atoms with Crippen LogP contribution in [-0.2, 0) is 5.41 Å². The molecule has 18 heavy (non-hydrogen) atoms. The highest BCUT2D eigenvalue weighted by Crippen LogP contribution is 2.33. The average molecular weight is 260 g/mol. The van der Waals surface area contributed by atoms with Crippen LogP contribution in [0.25, 0.3) is 10.2 Å². The lowest BCUT2D eigenvalue weighted by Crippen LogP contribution is -2.12. The molecule has 1 aromatic carbocycles. The summed E-state index contributed by atoms with van der Waals surface area (Å²) < 4.78 is 1.33. The van der Waals surface area contributed by atoms with Gasteiger partial charge in [-0.15, -0.1) is 11.3 Å². The van der Waals surface area contributed by atoms with Crippen molar-refractivity contribution in [2.45, 2.75) is 45.1 Å². The second kappa shape index (κ2) is 4.32. The van der Waals surface area contributed by atoms with Gasteiger partial charge < -0.3 is 5.32 Å². The van der Waals surface area contributed by atoms with E-state index >= 15 is 0 Å². The highest BCUT2D eigenvalue weighted by Gasteiger charge is 2.21. The van der Waals surface area contributed by atoms with Crippen LogP contribution in [0.5, 0.6) is 0 Å². The van der Waals surface area contributed by atoms with Crippen molar-refractivity contribution < 1.29 is 0 Å². The van der Waals surface area contributed by atoms with Gasteiger partial charge in [0.05, 0.1) is 16.3 Å². The summed E-state index contributed by atoms with van der Waals surface area (Å²) in [6, 6.07) is 7.19. The van der Waals surface area contributed by atoms with E-state index in [2.05, 4.69) is 44.3 Å². The molecule has 0 saturated carbocycles. The van der Waals surface area contributed by atoms with Crippen molar-refractivity contribution >= 4 is 21.6 Å². The van der Waals surface area contributed by atoms with E-state index in [4.69, 9.17) is 4.98 Å². The van der Waals surface area contributed by atoms with E-state index in [0.717, 1.165) is 12.1 Å². The number of fused-ring (bicyclic) bond motifs is 1. The molecule has 0 aliphatic carbocycles. The minimum atomic E-state index is 0.212. The van der Waals surface area contributed by atoms with Gasteiger partial charge in [-0.2, -0.15) is 0 Å². The van der Waals surface area contributed by atoms with Crippen LogP contribution in [0, 0.1) is 0 Å². The molecule has 0 spiro atoms. The monoisotopic (exact) mass is 260 g/mol. The Hall–Kier alpha value is -0.930. The summed E-state index contributed by atoms with van der Waals surface area (Å²) >= 11 is 1.85. The smallest absolute Gasteiger partial charge is 0.111 e. The zero-order valence-corrected chi connectivity index (χ0v) is 12.1. The normalized spacial score (nSPS) is 20.7. The summed E-state index contributed by atoms with van der Waals surface area (Å²) in [5, 5.41) is 4.78. The van der Waals surface area contributed by atoms with E-state index in [1.54, 1.807) is 0 Å². The Morgan fingerprint density at radius 2 is 2.17 bits per heavy atom. The molecule has 96 valence electrons. The van der Waals surface area contributed by atoms with Crippen LogP contribution in [0.15, 0.2) is 18.2 Å². The molecule has 1 aromatic heterocycles. The second-order valence-corrected chi connectivity index (χ2v) is 7.20. The van der Waals surface area contributed by atoms with Gasteiger partial charge in [0.2, 0.25) is 0 Å². The molecule has 0 bridgehead atoms. The Morgan fingerprint density at radius 3 is 2.83 bits per heavy atom. The van der Waals surface area contributed by atoms with Crippen molar-refractivity contribution in [2.75, 3.05) is 6.54 Å². The number of hydrogen-bond acceptors (Lipinski definition) is 3. The maximum absolute atomic E-state index is 4.77. The first-order valence-corrected chi connectivity index (χ1v) is 7.50. The van der Waals surface area contributed by atoms with Gasteiger partial charge in [-0.05, 0) is 42.5 Å². The summed E-state index contributed by atoms with van der Waals surface area (Å²) in [7, 11) is 0. The van der Waals surface area contributed by atoms with Crippen molar-refractivity contribution in [3.63, 3.8) is 0 Å². The van der Waals surface area contributed by atoms with Crippen LogP contribution in [-0.4, -0.2) is 11.5 Å². The zero-order valence-electron chi connectivity index (χ0n) is 11.3. The van der Waals surface area contributed by atoms with Crippen LogP contribution >= 0.6 is 11.3 Å². The van der Waals surface area contributed by atoms with Crippen LogP contribution in [0.3, 0.4) is 0 Å². The number of benzene rings is 1. The number of hydrogen-bond donors (Lipinski definition) is 1. The molecule has 1 aliphatic heterocycles. The Bertz CT molecular complexity index is 559. The molecule has 1 N–H and O–H groups in total. The first-order valence-electron chi connectivity index (χ1n) is 6.68. The van der Waals surface area contributed by atoms with Crippen molar-refractivity contribution in [3.05, 3.63) is 28.8 Å². The fourth-order valence-electron chi connectivity index (χ4n) is 2.45. The minimum absolute atomic E-state index is 0.212. The maximum Gasteiger partial charge on any atom is 0.111 e. The predicted octanol–water partition coefficient (Wildman–Crippen LogP) is 4.02. The Balaban J connectivity index is 2.01. The molecule has 1 fully saturated rings. The summed E-state index contributed by atoms with van der Waals surface area (Å²) in [5.74, 6) is 0. The van der Waals surface area contributed by atoms with Crippen LogP contribution in [0.1, 0.15) is 50.2 Å². The van der Waals surface area contributed by atoms with E-state index in [0.29, 0.717) is 6.04 Å². The molecule has 3 heteroatoms. The van der Waals surface area contributed by atoms with Gasteiger partial charge in [-0.3, -0.25) is 0 Å². The Kier molecular flexibility index (Phi) is 2.91. The van der Waals surface area contributed by atoms with Gasteiger partial charge in [-0.1, -0.05) is 26.8 Å². The number of thiazole rings is 1. The van der Waals surface area contributed by atoms with Gasteiger partial charge in [-0.25, -0.2) is 4.98 Å². The van der Waals surface area contributed by atoms with Gasteiger partial charge in [0, 0.05) is 0 Å². The standard InChI is InChI=1S/C15H20N2S/c1-15(2,3)10-6-7-11-13(9-10)18-14(17-11)12-5-4-8-16-12/h6-7,9,12,16H,4-5,8H2,1-3H3. The van der Waals surface area contributed by atoms with Gasteiger partial charge in [0.1, 0.15) is 5.01 Å². The fraction of sp³-hybridized carbons (Fsp3) is 0.533. The lowest BCUT2D eigenvalue weighted by atomic mass is 9.87. The zero-order chi connectivity index (χ0) is 12.8. The SMILES string of the molecule is CC(C)(C)c1ccc2nc(C3CCCN3)sc2c1. The molecular formula is C15H20N2S. The number of nitrogens with one attached hydrogen (secondary N) is 1. The van der Waals surface area contributed by atoms with Gasteiger partial charge >= 0.3 is 0 Å². The molecule has 2 nitrogen and oxygen atoms in total. The summed E-state index contributed by atoms with van der Waals surface area (Å²) in [4.78, 5) is 4.77. The van der Waals surface area contributed by atoms with E-state index in [1.165, 1.54) is 28.1 Å². The Morgan fingerprint density at radius 1 is 1.33 bits per heavy atom. The maximum atomic E-state index is 4.77. The van der Waals surface area contributed by atoms with Crippen molar-refractivity contribution in [1.82, 2.24) is 10.3 Å². The first kappa shape index (κ1) is 12.1. The Labute approximate surface area is 112 Å². The topological polar surface area (TPSA) is 24.9 Å². The van der Waals surface area contributed by atoms with Crippen LogP contribution in [0.4, 0.5) is 0 Å². The predicted molar refractivity (Wildman–Crippen MR) is 78.3 cm³/mol.